The second-order valence-corrected chi connectivity index (χ2v) is 3.90. The Labute approximate surface area is 101 Å². The number of hydrogen-bond acceptors (Lipinski definition) is 4. The molecule has 0 radical (unpaired) electrons. The first kappa shape index (κ1) is 11.0. The van der Waals surface area contributed by atoms with E-state index in [0.717, 1.165) is 5.56 Å². The Bertz CT molecular complexity index is 496. The van der Waals surface area contributed by atoms with Crippen molar-refractivity contribution >= 4 is 15.9 Å². The van der Waals surface area contributed by atoms with Gasteiger partial charge < -0.3 is 14.0 Å². The van der Waals surface area contributed by atoms with Crippen LogP contribution in [0, 0.1) is 0 Å². The van der Waals surface area contributed by atoms with Crippen molar-refractivity contribution in [1.29, 1.82) is 0 Å². The van der Waals surface area contributed by atoms with Crippen LogP contribution in [0.25, 0.3) is 11.3 Å². The van der Waals surface area contributed by atoms with Crippen molar-refractivity contribution < 1.29 is 14.0 Å². The zero-order valence-corrected chi connectivity index (χ0v) is 10.4. The summed E-state index contributed by atoms with van der Waals surface area (Å²) in [5, 5.41) is 3.76. The van der Waals surface area contributed by atoms with E-state index in [1.165, 1.54) is 0 Å². The maximum atomic E-state index is 5.21. The highest BCUT2D eigenvalue weighted by Gasteiger charge is 2.09. The fraction of sp³-hybridized carbons (Fsp3) is 0.182. The van der Waals surface area contributed by atoms with E-state index in [9.17, 15) is 0 Å². The molecule has 2 aromatic rings. The molecule has 0 atom stereocenters. The summed E-state index contributed by atoms with van der Waals surface area (Å²) in [7, 11) is 3.19. The topological polar surface area (TPSA) is 44.5 Å². The number of ether oxygens (including phenoxy) is 2. The number of benzene rings is 1. The van der Waals surface area contributed by atoms with E-state index >= 15 is 0 Å². The zero-order valence-electron chi connectivity index (χ0n) is 8.86. The Kier molecular flexibility index (Phi) is 3.14. The Morgan fingerprint density at radius 2 is 1.88 bits per heavy atom. The predicted octanol–water partition coefficient (Wildman–Crippen LogP) is 3.12. The maximum Gasteiger partial charge on any atom is 0.168 e. The second-order valence-electron chi connectivity index (χ2n) is 3.08. The van der Waals surface area contributed by atoms with Crippen molar-refractivity contribution in [2.24, 2.45) is 0 Å². The van der Waals surface area contributed by atoms with Crippen LogP contribution in [0.15, 0.2) is 33.4 Å². The molecule has 0 aliphatic heterocycles. The molecular formula is C11H10BrNO3. The van der Waals surface area contributed by atoms with Crippen LogP contribution < -0.4 is 9.47 Å². The van der Waals surface area contributed by atoms with Gasteiger partial charge in [-0.2, -0.15) is 0 Å². The first-order valence-corrected chi connectivity index (χ1v) is 5.38. The van der Waals surface area contributed by atoms with Crippen LogP contribution >= 0.6 is 15.9 Å². The van der Waals surface area contributed by atoms with Crippen LogP contribution in [0.1, 0.15) is 0 Å². The van der Waals surface area contributed by atoms with Crippen LogP contribution in [0.5, 0.6) is 11.5 Å². The summed E-state index contributed by atoms with van der Waals surface area (Å²) in [6, 6.07) is 7.34. The highest BCUT2D eigenvalue weighted by atomic mass is 79.9. The Morgan fingerprint density at radius 3 is 2.44 bits per heavy atom. The minimum atomic E-state index is 0.660. The lowest BCUT2D eigenvalue weighted by Crippen LogP contribution is -1.90. The first-order valence-electron chi connectivity index (χ1n) is 4.59. The average Bonchev–Trinajstić information content (AvgIpc) is 2.75. The highest BCUT2D eigenvalue weighted by molar-refractivity contribution is 9.10. The molecule has 0 N–H and O–H groups in total. The van der Waals surface area contributed by atoms with Crippen molar-refractivity contribution in [2.45, 2.75) is 0 Å². The zero-order chi connectivity index (χ0) is 11.5. The van der Waals surface area contributed by atoms with Gasteiger partial charge in [0, 0.05) is 11.6 Å². The van der Waals surface area contributed by atoms with Crippen molar-refractivity contribution in [1.82, 2.24) is 5.16 Å². The molecule has 1 heterocycles. The van der Waals surface area contributed by atoms with E-state index in [1.807, 2.05) is 18.2 Å². The van der Waals surface area contributed by atoms with E-state index in [4.69, 9.17) is 14.0 Å². The number of aromatic nitrogens is 1. The van der Waals surface area contributed by atoms with E-state index < -0.39 is 0 Å². The van der Waals surface area contributed by atoms with E-state index in [0.29, 0.717) is 21.9 Å². The average molecular weight is 284 g/mol. The second kappa shape index (κ2) is 4.57. The van der Waals surface area contributed by atoms with Crippen LogP contribution in [0.2, 0.25) is 0 Å². The fourth-order valence-electron chi connectivity index (χ4n) is 1.38. The third kappa shape index (κ3) is 2.04. The molecule has 0 amide bonds. The van der Waals surface area contributed by atoms with Gasteiger partial charge in [0.15, 0.2) is 17.3 Å². The molecule has 16 heavy (non-hydrogen) atoms. The molecule has 1 aromatic heterocycles. The van der Waals surface area contributed by atoms with Crippen molar-refractivity contribution in [3.8, 4) is 22.8 Å². The van der Waals surface area contributed by atoms with Gasteiger partial charge in [-0.05, 0) is 34.1 Å². The summed E-state index contributed by atoms with van der Waals surface area (Å²) in [5.41, 5.74) is 0.885. The highest BCUT2D eigenvalue weighted by Crippen LogP contribution is 2.32. The lowest BCUT2D eigenvalue weighted by atomic mass is 10.1. The molecule has 0 aliphatic rings. The summed E-state index contributed by atoms with van der Waals surface area (Å²) >= 11 is 3.23. The minimum absolute atomic E-state index is 0.660. The molecule has 0 fully saturated rings. The first-order chi connectivity index (χ1) is 7.74. The summed E-state index contributed by atoms with van der Waals surface area (Å²) in [5.74, 6) is 2.02. The van der Waals surface area contributed by atoms with Gasteiger partial charge in [-0.15, -0.1) is 0 Å². The monoisotopic (exact) mass is 283 g/mol. The standard InChI is InChI=1S/C11H10BrNO3/c1-14-8-4-3-7(5-10(8)15-2)9-6-11(12)13-16-9/h3-6H,1-2H3. The molecule has 5 heteroatoms. The number of halogens is 1. The molecule has 0 saturated carbocycles. The third-order valence-corrected chi connectivity index (χ3v) is 2.52. The van der Waals surface area contributed by atoms with Crippen molar-refractivity contribution in [3.05, 3.63) is 28.9 Å². The third-order valence-electron chi connectivity index (χ3n) is 2.15. The Hall–Kier alpha value is -1.49. The predicted molar refractivity (Wildman–Crippen MR) is 62.7 cm³/mol. The van der Waals surface area contributed by atoms with Gasteiger partial charge >= 0.3 is 0 Å². The molecule has 0 saturated heterocycles. The largest absolute Gasteiger partial charge is 0.493 e. The van der Waals surface area contributed by atoms with Crippen molar-refractivity contribution in [2.75, 3.05) is 14.2 Å². The van der Waals surface area contributed by atoms with Crippen molar-refractivity contribution in [3.63, 3.8) is 0 Å². The lowest BCUT2D eigenvalue weighted by Gasteiger charge is -2.07. The maximum absolute atomic E-state index is 5.21. The smallest absolute Gasteiger partial charge is 0.168 e. The van der Waals surface area contributed by atoms with E-state index in [2.05, 4.69) is 21.1 Å². The van der Waals surface area contributed by atoms with Gasteiger partial charge in [0.25, 0.3) is 0 Å². The SMILES string of the molecule is COc1ccc(-c2cc(Br)no2)cc1OC. The van der Waals surface area contributed by atoms with E-state index in [1.54, 1.807) is 20.3 Å². The molecular weight excluding hydrogens is 274 g/mol. The molecule has 84 valence electrons. The number of methoxy groups -OCH3 is 2. The lowest BCUT2D eigenvalue weighted by molar-refractivity contribution is 0.355. The van der Waals surface area contributed by atoms with Crippen LogP contribution in [-0.2, 0) is 0 Å². The fourth-order valence-corrected chi connectivity index (χ4v) is 1.66. The Balaban J connectivity index is 2.43. The summed E-state index contributed by atoms with van der Waals surface area (Å²) < 4.78 is 16.2. The molecule has 2 rings (SSSR count). The van der Waals surface area contributed by atoms with Gasteiger partial charge in [0.2, 0.25) is 0 Å². The van der Waals surface area contributed by atoms with Gasteiger partial charge in [0.1, 0.15) is 4.60 Å². The Morgan fingerprint density at radius 1 is 1.12 bits per heavy atom. The van der Waals surface area contributed by atoms with Gasteiger partial charge in [-0.25, -0.2) is 0 Å². The molecule has 0 spiro atoms. The molecule has 1 aromatic carbocycles. The molecule has 0 bridgehead atoms. The van der Waals surface area contributed by atoms with E-state index in [-0.39, 0.29) is 0 Å². The van der Waals surface area contributed by atoms with Crippen LogP contribution in [0.4, 0.5) is 0 Å². The molecule has 0 aliphatic carbocycles. The summed E-state index contributed by atoms with van der Waals surface area (Å²) in [6.45, 7) is 0. The molecule has 0 unspecified atom stereocenters. The minimum Gasteiger partial charge on any atom is -0.493 e. The normalized spacial score (nSPS) is 10.2. The van der Waals surface area contributed by atoms with Gasteiger partial charge in [-0.3, -0.25) is 0 Å². The van der Waals surface area contributed by atoms with Crippen LogP contribution in [0.3, 0.4) is 0 Å². The van der Waals surface area contributed by atoms with Crippen LogP contribution in [-0.4, -0.2) is 19.4 Å². The van der Waals surface area contributed by atoms with Gasteiger partial charge in [-0.1, -0.05) is 5.16 Å². The quantitative estimate of drug-likeness (QED) is 0.868. The number of rotatable bonds is 3. The summed E-state index contributed by atoms with van der Waals surface area (Å²) in [4.78, 5) is 0. The van der Waals surface area contributed by atoms with Gasteiger partial charge in [0.05, 0.1) is 14.2 Å². The molecule has 4 nitrogen and oxygen atoms in total. The number of nitrogens with zero attached hydrogens (tertiary/aromatic N) is 1. The number of hydrogen-bond donors (Lipinski definition) is 0. The summed E-state index contributed by atoms with van der Waals surface area (Å²) in [6.07, 6.45) is 0.